The van der Waals surface area contributed by atoms with Gasteiger partial charge in [0.25, 0.3) is 0 Å². The maximum absolute atomic E-state index is 12.1. The first-order valence-corrected chi connectivity index (χ1v) is 9.92. The van der Waals surface area contributed by atoms with Gasteiger partial charge in [-0.15, -0.1) is 0 Å². The molecule has 2 aromatic rings. The zero-order valence-corrected chi connectivity index (χ0v) is 18.6. The molecule has 0 atom stereocenters. The number of aliphatic hydroxyl groups is 1. The van der Waals surface area contributed by atoms with Crippen LogP contribution in [0.15, 0.2) is 24.3 Å². The van der Waals surface area contributed by atoms with Crippen molar-refractivity contribution in [3.05, 3.63) is 40.5 Å². The first-order chi connectivity index (χ1) is 12.9. The van der Waals surface area contributed by atoms with Crippen molar-refractivity contribution in [3.63, 3.8) is 0 Å². The fourth-order valence-electron chi connectivity index (χ4n) is 2.33. The Balaban J connectivity index is 2.39. The molecule has 28 heavy (non-hydrogen) atoms. The Morgan fingerprint density at radius 1 is 1.25 bits per heavy atom. The van der Waals surface area contributed by atoms with Crippen molar-refractivity contribution in [1.29, 1.82) is 0 Å². The summed E-state index contributed by atoms with van der Waals surface area (Å²) in [6.45, 7) is 5.58. The van der Waals surface area contributed by atoms with Crippen molar-refractivity contribution < 1.29 is 14.6 Å². The van der Waals surface area contributed by atoms with E-state index >= 15 is 0 Å². The molecular formula is C18H21Cl4N3O3. The van der Waals surface area contributed by atoms with E-state index in [9.17, 15) is 9.90 Å². The molecule has 0 aliphatic heterocycles. The molecule has 0 spiro atoms. The quantitative estimate of drug-likeness (QED) is 0.585. The van der Waals surface area contributed by atoms with Gasteiger partial charge in [-0.1, -0.05) is 67.2 Å². The second-order valence-electron chi connectivity index (χ2n) is 7.14. The van der Waals surface area contributed by atoms with Crippen LogP contribution in [0.25, 0.3) is 5.69 Å². The fourth-order valence-corrected chi connectivity index (χ4v) is 2.70. The summed E-state index contributed by atoms with van der Waals surface area (Å²) in [6, 6.07) is 7.03. The van der Waals surface area contributed by atoms with Gasteiger partial charge in [-0.05, 0) is 30.2 Å². The summed E-state index contributed by atoms with van der Waals surface area (Å²) in [7, 11) is 0. The van der Waals surface area contributed by atoms with Gasteiger partial charge in [0.15, 0.2) is 0 Å². The molecule has 10 heteroatoms. The molecule has 2 rings (SSSR count). The lowest BCUT2D eigenvalue weighted by Gasteiger charge is -2.14. The summed E-state index contributed by atoms with van der Waals surface area (Å²) in [6.07, 6.45) is -0.383. The van der Waals surface area contributed by atoms with E-state index in [0.717, 1.165) is 11.3 Å². The number of halogens is 4. The fraction of sp³-hybridized carbons (Fsp3) is 0.444. The van der Waals surface area contributed by atoms with Gasteiger partial charge in [0.1, 0.15) is 12.4 Å². The minimum absolute atomic E-state index is 0.0377. The molecule has 0 saturated heterocycles. The van der Waals surface area contributed by atoms with Crippen LogP contribution in [0.3, 0.4) is 0 Å². The smallest absolute Gasteiger partial charge is 0.412 e. The van der Waals surface area contributed by atoms with Gasteiger partial charge in [0.2, 0.25) is 3.79 Å². The molecule has 1 heterocycles. The number of carbonyl (C=O) groups is 1. The number of nitrogens with one attached hydrogen (secondary N) is 1. The number of amides is 1. The van der Waals surface area contributed by atoms with E-state index in [4.69, 9.17) is 51.1 Å². The summed E-state index contributed by atoms with van der Waals surface area (Å²) in [5, 5.41) is 17.0. The summed E-state index contributed by atoms with van der Waals surface area (Å²) in [5.74, 6) is 0.386. The van der Waals surface area contributed by atoms with Crippen LogP contribution in [0.4, 0.5) is 10.6 Å². The highest BCUT2D eigenvalue weighted by Gasteiger charge is 2.24. The Morgan fingerprint density at radius 3 is 2.50 bits per heavy atom. The van der Waals surface area contributed by atoms with Crippen LogP contribution in [0.1, 0.15) is 32.0 Å². The number of nitrogens with zero attached hydrogens (tertiary/aromatic N) is 2. The van der Waals surface area contributed by atoms with E-state index in [-0.39, 0.29) is 12.0 Å². The van der Waals surface area contributed by atoms with Crippen molar-refractivity contribution in [2.45, 2.75) is 36.4 Å². The highest BCUT2D eigenvalue weighted by molar-refractivity contribution is 6.67. The number of carbonyl (C=O) groups excluding carboxylic acids is 1. The van der Waals surface area contributed by atoms with Crippen molar-refractivity contribution >= 4 is 58.3 Å². The van der Waals surface area contributed by atoms with Crippen LogP contribution in [0.5, 0.6) is 0 Å². The standard InChI is InChI=1S/C18H21Cl4N3O3/c1-17(2,3)14-9-15(23-16(27)28-10-18(20,21)22)25(24-14)12-4-5-13(19)11(8-12)6-7-26/h4-5,8-9,26H,6-7,10H2,1-3H3,(H,23,27). The zero-order valence-electron chi connectivity index (χ0n) is 15.6. The van der Waals surface area contributed by atoms with E-state index in [1.165, 1.54) is 0 Å². The highest BCUT2D eigenvalue weighted by atomic mass is 35.6. The zero-order chi connectivity index (χ0) is 21.1. The molecule has 0 aliphatic rings. The van der Waals surface area contributed by atoms with Crippen LogP contribution < -0.4 is 5.32 Å². The molecule has 1 amide bonds. The van der Waals surface area contributed by atoms with Gasteiger partial charge in [-0.2, -0.15) is 5.10 Å². The number of hydrogen-bond donors (Lipinski definition) is 2. The average molecular weight is 469 g/mol. The Kier molecular flexibility index (Phi) is 7.50. The minimum Gasteiger partial charge on any atom is -0.445 e. The van der Waals surface area contributed by atoms with Crippen LogP contribution in [0, 0.1) is 0 Å². The number of ether oxygens (including phenoxy) is 1. The van der Waals surface area contributed by atoms with Crippen LogP contribution >= 0.6 is 46.4 Å². The number of hydrogen-bond acceptors (Lipinski definition) is 4. The number of anilines is 1. The maximum atomic E-state index is 12.1. The summed E-state index contributed by atoms with van der Waals surface area (Å²) >= 11 is 23.0. The van der Waals surface area contributed by atoms with Crippen molar-refractivity contribution in [2.75, 3.05) is 18.5 Å². The van der Waals surface area contributed by atoms with E-state index in [2.05, 4.69) is 10.4 Å². The number of aromatic nitrogens is 2. The van der Waals surface area contributed by atoms with Gasteiger partial charge in [-0.25, -0.2) is 9.48 Å². The molecule has 0 saturated carbocycles. The van der Waals surface area contributed by atoms with Crippen LogP contribution in [-0.4, -0.2) is 38.0 Å². The lowest BCUT2D eigenvalue weighted by atomic mass is 9.92. The van der Waals surface area contributed by atoms with E-state index in [1.807, 2.05) is 20.8 Å². The van der Waals surface area contributed by atoms with Gasteiger partial charge in [-0.3, -0.25) is 5.32 Å². The second kappa shape index (κ2) is 9.09. The Bertz CT molecular complexity index is 842. The lowest BCUT2D eigenvalue weighted by Crippen LogP contribution is -2.22. The molecule has 0 radical (unpaired) electrons. The molecule has 0 aliphatic carbocycles. The SMILES string of the molecule is CC(C)(C)c1cc(NC(=O)OCC(Cl)(Cl)Cl)n(-c2ccc(Cl)c(CCO)c2)n1. The number of benzene rings is 1. The van der Waals surface area contributed by atoms with E-state index < -0.39 is 16.5 Å². The Morgan fingerprint density at radius 2 is 1.93 bits per heavy atom. The molecule has 1 aromatic heterocycles. The topological polar surface area (TPSA) is 76.4 Å². The van der Waals surface area contributed by atoms with Crippen molar-refractivity contribution in [2.24, 2.45) is 0 Å². The predicted molar refractivity (Wildman–Crippen MR) is 113 cm³/mol. The maximum Gasteiger partial charge on any atom is 0.412 e. The summed E-state index contributed by atoms with van der Waals surface area (Å²) < 4.78 is 4.80. The van der Waals surface area contributed by atoms with E-state index in [0.29, 0.717) is 22.9 Å². The molecule has 2 N–H and O–H groups in total. The van der Waals surface area contributed by atoms with Gasteiger partial charge < -0.3 is 9.84 Å². The molecule has 0 bridgehead atoms. The third-order valence-electron chi connectivity index (χ3n) is 3.73. The van der Waals surface area contributed by atoms with Crippen molar-refractivity contribution in [1.82, 2.24) is 9.78 Å². The second-order valence-corrected chi connectivity index (χ2v) is 10.1. The van der Waals surface area contributed by atoms with Crippen molar-refractivity contribution in [3.8, 4) is 5.69 Å². The number of alkyl halides is 3. The van der Waals surface area contributed by atoms with E-state index in [1.54, 1.807) is 28.9 Å². The average Bonchev–Trinajstić information content (AvgIpc) is 2.99. The first-order valence-electron chi connectivity index (χ1n) is 8.41. The van der Waals surface area contributed by atoms with Crippen LogP contribution in [0.2, 0.25) is 5.02 Å². The first kappa shape index (κ1) is 23.1. The molecule has 0 unspecified atom stereocenters. The van der Waals surface area contributed by atoms with Gasteiger partial charge in [0.05, 0.1) is 11.4 Å². The molecule has 0 fully saturated rings. The molecule has 6 nitrogen and oxygen atoms in total. The monoisotopic (exact) mass is 467 g/mol. The largest absolute Gasteiger partial charge is 0.445 e. The molecule has 154 valence electrons. The normalized spacial score (nSPS) is 12.1. The minimum atomic E-state index is -1.70. The lowest BCUT2D eigenvalue weighted by molar-refractivity contribution is 0.163. The third kappa shape index (κ3) is 6.42. The van der Waals surface area contributed by atoms with Gasteiger partial charge in [0, 0.05) is 23.1 Å². The molecular weight excluding hydrogens is 448 g/mol. The summed E-state index contributed by atoms with van der Waals surface area (Å²) in [4.78, 5) is 12.1. The number of rotatable bonds is 5. The Hall–Kier alpha value is -1.18. The van der Waals surface area contributed by atoms with Crippen LogP contribution in [-0.2, 0) is 16.6 Å². The Labute approximate surface area is 183 Å². The third-order valence-corrected chi connectivity index (χ3v) is 4.43. The number of aliphatic hydroxyl groups excluding tert-OH is 1. The van der Waals surface area contributed by atoms with Gasteiger partial charge >= 0.3 is 6.09 Å². The predicted octanol–water partition coefficient (Wildman–Crippen LogP) is 5.28. The summed E-state index contributed by atoms with van der Waals surface area (Å²) in [5.41, 5.74) is 1.92. The highest BCUT2D eigenvalue weighted by Crippen LogP contribution is 2.29. The molecule has 1 aromatic carbocycles.